The van der Waals surface area contributed by atoms with E-state index < -0.39 is 33.2 Å². The van der Waals surface area contributed by atoms with E-state index in [9.17, 15) is 25.0 Å². The summed E-state index contributed by atoms with van der Waals surface area (Å²) in [5.41, 5.74) is -1.02. The highest BCUT2D eigenvalue weighted by Gasteiger charge is 2.24. The van der Waals surface area contributed by atoms with Crippen LogP contribution in [0.3, 0.4) is 0 Å². The molecule has 2 N–H and O–H groups in total. The van der Waals surface area contributed by atoms with Crippen LogP contribution in [-0.2, 0) is 4.79 Å². The third-order valence-corrected chi connectivity index (χ3v) is 3.48. The van der Waals surface area contributed by atoms with Crippen molar-refractivity contribution in [3.05, 3.63) is 38.4 Å². The molecule has 0 aromatic heterocycles. The van der Waals surface area contributed by atoms with Crippen LogP contribution in [0.2, 0.25) is 0 Å². The highest BCUT2D eigenvalue weighted by atomic mass is 32.2. The van der Waals surface area contributed by atoms with Crippen molar-refractivity contribution in [3.8, 4) is 0 Å². The van der Waals surface area contributed by atoms with Crippen LogP contribution in [0.5, 0.6) is 0 Å². The molecular weight excluding hydrogens is 302 g/mol. The van der Waals surface area contributed by atoms with Gasteiger partial charge in [0.25, 0.3) is 11.4 Å². The van der Waals surface area contributed by atoms with Gasteiger partial charge in [0.1, 0.15) is 11.7 Å². The standard InChI is InChI=1S/C11H13N3O6S/c1-2-21-6-9(11(15)16)12-8-4-3-7(13(17)18)5-10(8)14(19)20/h3-5,9,12H,2,6H2,1H3,(H,15,16). The third kappa shape index (κ3) is 4.60. The number of carboxylic acid groups (broad SMARTS) is 1. The minimum Gasteiger partial charge on any atom is -0.480 e. The molecule has 1 aromatic carbocycles. The van der Waals surface area contributed by atoms with Crippen LogP contribution in [0, 0.1) is 20.2 Å². The maximum atomic E-state index is 11.1. The Hall–Kier alpha value is -2.36. The average molecular weight is 315 g/mol. The zero-order chi connectivity index (χ0) is 16.0. The van der Waals surface area contributed by atoms with Crippen molar-refractivity contribution < 1.29 is 19.7 Å². The van der Waals surface area contributed by atoms with Gasteiger partial charge in [0.2, 0.25) is 0 Å². The summed E-state index contributed by atoms with van der Waals surface area (Å²) in [6, 6.07) is 2.01. The summed E-state index contributed by atoms with van der Waals surface area (Å²) in [6.45, 7) is 1.86. The first-order valence-corrected chi connectivity index (χ1v) is 7.02. The summed E-state index contributed by atoms with van der Waals surface area (Å²) in [5, 5.41) is 33.2. The number of nitrogens with one attached hydrogen (secondary N) is 1. The largest absolute Gasteiger partial charge is 0.480 e. The molecule has 0 spiro atoms. The molecule has 114 valence electrons. The van der Waals surface area contributed by atoms with Gasteiger partial charge in [0.05, 0.1) is 15.9 Å². The van der Waals surface area contributed by atoms with E-state index in [0.717, 1.165) is 18.2 Å². The normalized spacial score (nSPS) is 11.7. The fraction of sp³-hybridized carbons (Fsp3) is 0.364. The van der Waals surface area contributed by atoms with Crippen molar-refractivity contribution in [2.75, 3.05) is 16.8 Å². The number of aliphatic carboxylic acids is 1. The van der Waals surface area contributed by atoms with Crippen LogP contribution in [0.4, 0.5) is 17.1 Å². The molecule has 0 radical (unpaired) electrons. The maximum absolute atomic E-state index is 11.1. The number of anilines is 1. The van der Waals surface area contributed by atoms with Crippen molar-refractivity contribution in [1.82, 2.24) is 0 Å². The Bertz CT molecular complexity index is 565. The van der Waals surface area contributed by atoms with E-state index in [0.29, 0.717) is 5.75 Å². The van der Waals surface area contributed by atoms with Crippen molar-refractivity contribution in [1.29, 1.82) is 0 Å². The maximum Gasteiger partial charge on any atom is 0.326 e. The smallest absolute Gasteiger partial charge is 0.326 e. The van der Waals surface area contributed by atoms with Crippen LogP contribution in [-0.4, -0.2) is 38.5 Å². The number of rotatable bonds is 8. The first kappa shape index (κ1) is 16.7. The van der Waals surface area contributed by atoms with Crippen molar-refractivity contribution in [2.45, 2.75) is 13.0 Å². The lowest BCUT2D eigenvalue weighted by Crippen LogP contribution is -2.32. The Morgan fingerprint density at radius 2 is 2.05 bits per heavy atom. The Balaban J connectivity index is 3.07. The van der Waals surface area contributed by atoms with Gasteiger partial charge in [-0.3, -0.25) is 20.2 Å². The fourth-order valence-electron chi connectivity index (χ4n) is 1.50. The lowest BCUT2D eigenvalue weighted by atomic mass is 10.2. The van der Waals surface area contributed by atoms with Gasteiger partial charge in [-0.25, -0.2) is 4.79 Å². The summed E-state index contributed by atoms with van der Waals surface area (Å²) in [5.74, 6) is -0.225. The summed E-state index contributed by atoms with van der Waals surface area (Å²) in [4.78, 5) is 31.1. The van der Waals surface area contributed by atoms with Crippen LogP contribution in [0.15, 0.2) is 18.2 Å². The highest BCUT2D eigenvalue weighted by molar-refractivity contribution is 7.99. The molecule has 1 rings (SSSR count). The molecule has 0 bridgehead atoms. The number of carbonyl (C=O) groups is 1. The van der Waals surface area contributed by atoms with E-state index in [1.165, 1.54) is 11.8 Å². The monoisotopic (exact) mass is 315 g/mol. The van der Waals surface area contributed by atoms with Gasteiger partial charge in [0.15, 0.2) is 0 Å². The van der Waals surface area contributed by atoms with Crippen LogP contribution < -0.4 is 5.32 Å². The molecule has 1 atom stereocenters. The van der Waals surface area contributed by atoms with Crippen molar-refractivity contribution >= 4 is 34.8 Å². The Kier molecular flexibility index (Phi) is 5.91. The first-order chi connectivity index (χ1) is 9.86. The number of thioether (sulfide) groups is 1. The highest BCUT2D eigenvalue weighted by Crippen LogP contribution is 2.29. The third-order valence-electron chi connectivity index (χ3n) is 2.51. The van der Waals surface area contributed by atoms with E-state index in [2.05, 4.69) is 5.32 Å². The van der Waals surface area contributed by atoms with E-state index >= 15 is 0 Å². The molecule has 0 saturated carbocycles. The molecule has 10 heteroatoms. The van der Waals surface area contributed by atoms with Gasteiger partial charge < -0.3 is 10.4 Å². The second kappa shape index (κ2) is 7.43. The zero-order valence-corrected chi connectivity index (χ0v) is 11.8. The van der Waals surface area contributed by atoms with Gasteiger partial charge in [-0.05, 0) is 11.8 Å². The molecule has 0 amide bonds. The van der Waals surface area contributed by atoms with E-state index in [1.54, 1.807) is 0 Å². The van der Waals surface area contributed by atoms with E-state index in [4.69, 9.17) is 5.11 Å². The molecule has 1 unspecified atom stereocenters. The fourth-order valence-corrected chi connectivity index (χ4v) is 2.20. The Morgan fingerprint density at radius 1 is 1.38 bits per heavy atom. The molecule has 0 aliphatic heterocycles. The summed E-state index contributed by atoms with van der Waals surface area (Å²) in [6.07, 6.45) is 0. The molecule has 21 heavy (non-hydrogen) atoms. The van der Waals surface area contributed by atoms with Crippen LogP contribution in [0.25, 0.3) is 0 Å². The number of hydrogen-bond donors (Lipinski definition) is 2. The minimum atomic E-state index is -1.15. The second-order valence-electron chi connectivity index (χ2n) is 3.91. The molecular formula is C11H13N3O6S. The lowest BCUT2D eigenvalue weighted by Gasteiger charge is -2.15. The van der Waals surface area contributed by atoms with Gasteiger partial charge in [0, 0.05) is 11.8 Å². The SMILES string of the molecule is CCSCC(Nc1ccc([N+](=O)[O-])cc1[N+](=O)[O-])C(=O)O. The average Bonchev–Trinajstić information content (AvgIpc) is 2.42. The molecule has 0 fully saturated rings. The molecule has 0 aliphatic carbocycles. The van der Waals surface area contributed by atoms with Gasteiger partial charge >= 0.3 is 5.97 Å². The molecule has 9 nitrogen and oxygen atoms in total. The molecule has 0 aliphatic rings. The second-order valence-corrected chi connectivity index (χ2v) is 5.23. The predicted molar refractivity (Wildman–Crippen MR) is 77.8 cm³/mol. The number of nitro benzene ring substituents is 2. The van der Waals surface area contributed by atoms with Gasteiger partial charge in [-0.1, -0.05) is 6.92 Å². The van der Waals surface area contributed by atoms with Crippen molar-refractivity contribution in [2.24, 2.45) is 0 Å². The number of nitro groups is 2. The van der Waals surface area contributed by atoms with E-state index in [1.807, 2.05) is 6.92 Å². The minimum absolute atomic E-state index is 0.0605. The van der Waals surface area contributed by atoms with Gasteiger partial charge in [-0.2, -0.15) is 11.8 Å². The lowest BCUT2D eigenvalue weighted by molar-refractivity contribution is -0.393. The van der Waals surface area contributed by atoms with Crippen molar-refractivity contribution in [3.63, 3.8) is 0 Å². The first-order valence-electron chi connectivity index (χ1n) is 5.86. The molecule has 0 heterocycles. The number of non-ortho nitro benzene ring substituents is 1. The summed E-state index contributed by atoms with van der Waals surface area (Å²) < 4.78 is 0. The number of hydrogen-bond acceptors (Lipinski definition) is 7. The number of carboxylic acids is 1. The Morgan fingerprint density at radius 3 is 2.52 bits per heavy atom. The van der Waals surface area contributed by atoms with E-state index in [-0.39, 0.29) is 11.4 Å². The molecule has 1 aromatic rings. The van der Waals surface area contributed by atoms with Crippen LogP contribution in [0.1, 0.15) is 6.92 Å². The summed E-state index contributed by atoms with van der Waals surface area (Å²) >= 11 is 1.36. The molecule has 0 saturated heterocycles. The van der Waals surface area contributed by atoms with Crippen LogP contribution >= 0.6 is 11.8 Å². The zero-order valence-electron chi connectivity index (χ0n) is 11.0. The predicted octanol–water partition coefficient (Wildman–Crippen LogP) is 2.12. The topological polar surface area (TPSA) is 136 Å². The Labute approximate surface area is 123 Å². The summed E-state index contributed by atoms with van der Waals surface area (Å²) in [7, 11) is 0. The number of benzene rings is 1. The van der Waals surface area contributed by atoms with Gasteiger partial charge in [-0.15, -0.1) is 0 Å². The number of nitrogens with zero attached hydrogens (tertiary/aromatic N) is 2. The quantitative estimate of drug-likeness (QED) is 0.550.